The van der Waals surface area contributed by atoms with Gasteiger partial charge in [0, 0.05) is 6.54 Å². The fraction of sp³-hybridized carbons (Fsp3) is 0.846. The van der Waals surface area contributed by atoms with E-state index in [-0.39, 0.29) is 11.7 Å². The lowest BCUT2D eigenvalue weighted by Gasteiger charge is -2.25. The van der Waals surface area contributed by atoms with E-state index in [1.54, 1.807) is 20.8 Å². The number of hydrogen-bond acceptors (Lipinski definition) is 4. The lowest BCUT2D eigenvalue weighted by atomic mass is 10.0. The van der Waals surface area contributed by atoms with E-state index >= 15 is 0 Å². The Balaban J connectivity index is 2.84. The molecule has 1 saturated heterocycles. The summed E-state index contributed by atoms with van der Waals surface area (Å²) in [5.74, 6) is -1.90. The van der Waals surface area contributed by atoms with Crippen LogP contribution in [0.1, 0.15) is 40.0 Å². The highest BCUT2D eigenvalue weighted by molar-refractivity contribution is 7.89. The number of nitrogens with one attached hydrogen (secondary N) is 1. The number of carbonyl (C=O) groups excluding carboxylic acids is 1. The van der Waals surface area contributed by atoms with E-state index in [4.69, 9.17) is 5.11 Å². The zero-order valence-corrected chi connectivity index (χ0v) is 13.5. The van der Waals surface area contributed by atoms with E-state index in [1.807, 2.05) is 0 Å². The summed E-state index contributed by atoms with van der Waals surface area (Å²) < 4.78 is 25.5. The molecule has 1 amide bonds. The average Bonchev–Trinajstić information content (AvgIpc) is 2.84. The molecule has 8 heteroatoms. The van der Waals surface area contributed by atoms with E-state index in [1.165, 1.54) is 4.31 Å². The minimum absolute atomic E-state index is 0.00329. The van der Waals surface area contributed by atoms with Crippen molar-refractivity contribution < 1.29 is 23.1 Å². The molecule has 0 aliphatic carbocycles. The number of nitrogens with zero attached hydrogens (tertiary/aromatic N) is 1. The van der Waals surface area contributed by atoms with Crippen molar-refractivity contribution in [1.82, 2.24) is 9.62 Å². The third-order valence-corrected chi connectivity index (χ3v) is 5.63. The van der Waals surface area contributed by atoms with Crippen molar-refractivity contribution >= 4 is 21.9 Å². The summed E-state index contributed by atoms with van der Waals surface area (Å²) in [6.07, 6.45) is 1.52. The van der Waals surface area contributed by atoms with Gasteiger partial charge in [0.1, 0.15) is 12.1 Å². The summed E-state index contributed by atoms with van der Waals surface area (Å²) in [4.78, 5) is 23.4. The fourth-order valence-corrected chi connectivity index (χ4v) is 4.22. The van der Waals surface area contributed by atoms with Gasteiger partial charge in [-0.1, -0.05) is 20.8 Å². The van der Waals surface area contributed by atoms with E-state index in [0.717, 1.165) is 0 Å². The highest BCUT2D eigenvalue weighted by Crippen LogP contribution is 2.22. The largest absolute Gasteiger partial charge is 0.480 e. The van der Waals surface area contributed by atoms with Crippen LogP contribution in [-0.4, -0.2) is 54.1 Å². The van der Waals surface area contributed by atoms with Crippen LogP contribution in [0, 0.1) is 5.92 Å². The molecule has 1 heterocycles. The molecule has 0 aromatic carbocycles. The van der Waals surface area contributed by atoms with Gasteiger partial charge in [0.15, 0.2) is 0 Å². The van der Waals surface area contributed by atoms with Crippen molar-refractivity contribution in [3.05, 3.63) is 0 Å². The normalized spacial score (nSPS) is 21.4. The van der Waals surface area contributed by atoms with Crippen LogP contribution >= 0.6 is 0 Å². The van der Waals surface area contributed by atoms with Crippen LogP contribution in [-0.2, 0) is 19.6 Å². The summed E-state index contributed by atoms with van der Waals surface area (Å²) in [5, 5.41) is 11.6. The molecule has 7 nitrogen and oxygen atoms in total. The van der Waals surface area contributed by atoms with Gasteiger partial charge >= 0.3 is 5.97 Å². The van der Waals surface area contributed by atoms with Crippen molar-refractivity contribution in [2.75, 3.05) is 12.3 Å². The molecule has 1 aliphatic heterocycles. The molecule has 21 heavy (non-hydrogen) atoms. The Morgan fingerprint density at radius 2 is 2.00 bits per heavy atom. The fourth-order valence-electron chi connectivity index (χ4n) is 2.47. The second-order valence-electron chi connectivity index (χ2n) is 5.65. The number of hydrogen-bond donors (Lipinski definition) is 2. The van der Waals surface area contributed by atoms with Crippen molar-refractivity contribution in [3.63, 3.8) is 0 Å². The van der Waals surface area contributed by atoms with Gasteiger partial charge in [0.25, 0.3) is 0 Å². The zero-order chi connectivity index (χ0) is 16.2. The molecule has 2 atom stereocenters. The Morgan fingerprint density at radius 3 is 2.48 bits per heavy atom. The number of aliphatic carboxylic acids is 1. The molecule has 0 bridgehead atoms. The van der Waals surface area contributed by atoms with Crippen LogP contribution in [0.4, 0.5) is 0 Å². The first kappa shape index (κ1) is 17.9. The first-order valence-corrected chi connectivity index (χ1v) is 8.84. The SMILES string of the molecule is CCCS(=O)(=O)N1CCCC1C(=O)N[C@@H](C(=O)O)C(C)C. The van der Waals surface area contributed by atoms with Gasteiger partial charge in [0.05, 0.1) is 5.75 Å². The number of rotatable bonds is 7. The van der Waals surface area contributed by atoms with Gasteiger partial charge in [-0.2, -0.15) is 4.31 Å². The molecular formula is C13H24N2O5S. The minimum atomic E-state index is -3.46. The standard InChI is InChI=1S/C13H24N2O5S/c1-4-8-21(19,20)15-7-5-6-10(15)12(16)14-11(9(2)3)13(17)18/h9-11H,4-8H2,1-3H3,(H,14,16)(H,17,18)/t10?,11-/m1/s1. The summed E-state index contributed by atoms with van der Waals surface area (Å²) >= 11 is 0. The van der Waals surface area contributed by atoms with E-state index < -0.39 is 34.0 Å². The Morgan fingerprint density at radius 1 is 1.38 bits per heavy atom. The van der Waals surface area contributed by atoms with Crippen LogP contribution in [0.15, 0.2) is 0 Å². The molecule has 1 fully saturated rings. The average molecular weight is 320 g/mol. The summed E-state index contributed by atoms with van der Waals surface area (Å²) in [5.41, 5.74) is 0. The topological polar surface area (TPSA) is 104 Å². The lowest BCUT2D eigenvalue weighted by Crippen LogP contribution is -2.52. The Kier molecular flexibility index (Phi) is 6.15. The summed E-state index contributed by atoms with van der Waals surface area (Å²) in [6.45, 7) is 5.47. The van der Waals surface area contributed by atoms with Crippen molar-refractivity contribution in [2.45, 2.75) is 52.1 Å². The van der Waals surface area contributed by atoms with E-state index in [2.05, 4.69) is 5.32 Å². The maximum absolute atomic E-state index is 12.2. The molecule has 0 radical (unpaired) electrons. The molecule has 0 aromatic rings. The molecule has 2 N–H and O–H groups in total. The van der Waals surface area contributed by atoms with E-state index in [9.17, 15) is 18.0 Å². The van der Waals surface area contributed by atoms with Crippen LogP contribution in [0.2, 0.25) is 0 Å². The number of amides is 1. The van der Waals surface area contributed by atoms with Gasteiger partial charge in [-0.05, 0) is 25.2 Å². The van der Waals surface area contributed by atoms with Crippen LogP contribution in [0.5, 0.6) is 0 Å². The van der Waals surface area contributed by atoms with Gasteiger partial charge in [-0.25, -0.2) is 13.2 Å². The highest BCUT2D eigenvalue weighted by atomic mass is 32.2. The molecule has 0 spiro atoms. The lowest BCUT2D eigenvalue weighted by molar-refractivity contribution is -0.143. The van der Waals surface area contributed by atoms with Crippen molar-refractivity contribution in [3.8, 4) is 0 Å². The smallest absolute Gasteiger partial charge is 0.326 e. The van der Waals surface area contributed by atoms with Crippen LogP contribution in [0.25, 0.3) is 0 Å². The predicted molar refractivity (Wildman–Crippen MR) is 78.2 cm³/mol. The van der Waals surface area contributed by atoms with Crippen molar-refractivity contribution in [1.29, 1.82) is 0 Å². The second kappa shape index (κ2) is 7.22. The molecule has 1 unspecified atom stereocenters. The monoisotopic (exact) mass is 320 g/mol. The Bertz CT molecular complexity index is 489. The molecule has 122 valence electrons. The number of carboxylic acids is 1. The summed E-state index contributed by atoms with van der Waals surface area (Å²) in [7, 11) is -3.46. The summed E-state index contributed by atoms with van der Waals surface area (Å²) in [6, 6.07) is -1.80. The first-order valence-electron chi connectivity index (χ1n) is 7.23. The van der Waals surface area contributed by atoms with E-state index in [0.29, 0.717) is 25.8 Å². The molecule has 1 rings (SSSR count). The second-order valence-corrected chi connectivity index (χ2v) is 7.69. The quantitative estimate of drug-likeness (QED) is 0.707. The number of sulfonamides is 1. The maximum Gasteiger partial charge on any atom is 0.326 e. The minimum Gasteiger partial charge on any atom is -0.480 e. The van der Waals surface area contributed by atoms with Crippen LogP contribution < -0.4 is 5.32 Å². The third kappa shape index (κ3) is 4.41. The Labute approximate surface area is 125 Å². The number of carbonyl (C=O) groups is 2. The van der Waals surface area contributed by atoms with Gasteiger partial charge < -0.3 is 10.4 Å². The molecular weight excluding hydrogens is 296 g/mol. The maximum atomic E-state index is 12.2. The van der Waals surface area contributed by atoms with Gasteiger partial charge in [-0.3, -0.25) is 4.79 Å². The first-order chi connectivity index (χ1) is 9.70. The van der Waals surface area contributed by atoms with Gasteiger partial charge in [-0.15, -0.1) is 0 Å². The zero-order valence-electron chi connectivity index (χ0n) is 12.7. The molecule has 0 aromatic heterocycles. The Hall–Kier alpha value is -1.15. The molecule has 0 saturated carbocycles. The van der Waals surface area contributed by atoms with Crippen molar-refractivity contribution in [2.24, 2.45) is 5.92 Å². The predicted octanol–water partition coefficient (Wildman–Crippen LogP) is 0.416. The highest BCUT2D eigenvalue weighted by Gasteiger charge is 2.39. The van der Waals surface area contributed by atoms with Gasteiger partial charge in [0.2, 0.25) is 15.9 Å². The number of carboxylic acid groups (broad SMARTS) is 1. The van der Waals surface area contributed by atoms with Crippen LogP contribution in [0.3, 0.4) is 0 Å². The molecule has 1 aliphatic rings. The third-order valence-electron chi connectivity index (χ3n) is 3.56.